The molecule has 0 spiro atoms. The molecule has 1 aromatic carbocycles. The first-order chi connectivity index (χ1) is 9.77. The third-order valence-corrected chi connectivity index (χ3v) is 4.66. The first-order valence-corrected chi connectivity index (χ1v) is 7.35. The number of sulfonamides is 1. The molecular weight excluding hydrogens is 298 g/mol. The van der Waals surface area contributed by atoms with E-state index in [1.807, 2.05) is 0 Å². The zero-order valence-electron chi connectivity index (χ0n) is 12.0. The maximum atomic E-state index is 12.4. The van der Waals surface area contributed by atoms with E-state index in [0.717, 1.165) is 10.4 Å². The SMILES string of the molecule is COc1cc(-c2noc(C)n2)c(S(=O)(=O)N(C)C)cc1O. The summed E-state index contributed by atoms with van der Waals surface area (Å²) in [5, 5.41) is 13.6. The van der Waals surface area contributed by atoms with Gasteiger partial charge in [-0.3, -0.25) is 0 Å². The molecule has 1 aromatic heterocycles. The number of aromatic hydroxyl groups is 1. The largest absolute Gasteiger partial charge is 0.504 e. The number of hydrogen-bond donors (Lipinski definition) is 1. The second-order valence-electron chi connectivity index (χ2n) is 4.44. The number of phenolic OH excluding ortho intramolecular Hbond substituents is 1. The maximum Gasteiger partial charge on any atom is 0.243 e. The van der Waals surface area contributed by atoms with Crippen molar-refractivity contribution in [2.45, 2.75) is 11.8 Å². The van der Waals surface area contributed by atoms with Gasteiger partial charge in [0.2, 0.25) is 21.7 Å². The molecule has 114 valence electrons. The van der Waals surface area contributed by atoms with Gasteiger partial charge in [-0.05, 0) is 6.07 Å². The van der Waals surface area contributed by atoms with Crippen LogP contribution in [0.15, 0.2) is 21.6 Å². The summed E-state index contributed by atoms with van der Waals surface area (Å²) in [6, 6.07) is 2.46. The van der Waals surface area contributed by atoms with E-state index in [1.54, 1.807) is 6.92 Å². The van der Waals surface area contributed by atoms with Crippen LogP contribution in [0, 0.1) is 6.92 Å². The molecule has 1 N–H and O–H groups in total. The Kier molecular flexibility index (Phi) is 3.88. The smallest absolute Gasteiger partial charge is 0.243 e. The van der Waals surface area contributed by atoms with Gasteiger partial charge in [-0.2, -0.15) is 4.98 Å². The summed E-state index contributed by atoms with van der Waals surface area (Å²) in [5.41, 5.74) is 0.190. The predicted molar refractivity (Wildman–Crippen MR) is 73.6 cm³/mol. The van der Waals surface area contributed by atoms with Gasteiger partial charge in [0.1, 0.15) is 0 Å². The second-order valence-corrected chi connectivity index (χ2v) is 6.56. The van der Waals surface area contributed by atoms with E-state index in [2.05, 4.69) is 10.1 Å². The minimum atomic E-state index is -3.80. The van der Waals surface area contributed by atoms with E-state index in [4.69, 9.17) is 9.26 Å². The lowest BCUT2D eigenvalue weighted by Gasteiger charge is -2.15. The second kappa shape index (κ2) is 5.34. The Bertz CT molecular complexity index is 767. The number of phenols is 1. The van der Waals surface area contributed by atoms with Gasteiger partial charge in [-0.15, -0.1) is 0 Å². The summed E-state index contributed by atoms with van der Waals surface area (Å²) >= 11 is 0. The molecule has 8 nitrogen and oxygen atoms in total. The van der Waals surface area contributed by atoms with Gasteiger partial charge in [0.25, 0.3) is 0 Å². The summed E-state index contributed by atoms with van der Waals surface area (Å²) in [4.78, 5) is 3.89. The average molecular weight is 313 g/mol. The fourth-order valence-corrected chi connectivity index (χ4v) is 2.79. The summed E-state index contributed by atoms with van der Waals surface area (Å²) in [6.45, 7) is 1.59. The molecule has 1 heterocycles. The molecule has 0 unspecified atom stereocenters. The molecular formula is C12H15N3O5S. The lowest BCUT2D eigenvalue weighted by Crippen LogP contribution is -2.23. The third kappa shape index (κ3) is 2.69. The van der Waals surface area contributed by atoms with Gasteiger partial charge in [-0.25, -0.2) is 12.7 Å². The highest BCUT2D eigenvalue weighted by molar-refractivity contribution is 7.89. The quantitative estimate of drug-likeness (QED) is 0.897. The molecule has 0 saturated heterocycles. The first-order valence-electron chi connectivity index (χ1n) is 5.91. The van der Waals surface area contributed by atoms with Gasteiger partial charge in [0.05, 0.1) is 12.0 Å². The fourth-order valence-electron chi connectivity index (χ4n) is 1.71. The van der Waals surface area contributed by atoms with Crippen LogP contribution >= 0.6 is 0 Å². The standard InChI is InChI=1S/C12H15N3O5S/c1-7-13-12(14-20-7)8-5-10(19-4)9(16)6-11(8)21(17,18)15(2)3/h5-6,16H,1-4H3. The van der Waals surface area contributed by atoms with Gasteiger partial charge < -0.3 is 14.4 Å². The van der Waals surface area contributed by atoms with Crippen molar-refractivity contribution in [2.24, 2.45) is 0 Å². The summed E-state index contributed by atoms with van der Waals surface area (Å²) in [7, 11) is 0.345. The van der Waals surface area contributed by atoms with E-state index < -0.39 is 10.0 Å². The van der Waals surface area contributed by atoms with E-state index in [9.17, 15) is 13.5 Å². The molecule has 0 fully saturated rings. The Morgan fingerprint density at radius 3 is 2.48 bits per heavy atom. The van der Waals surface area contributed by atoms with Crippen molar-refractivity contribution in [2.75, 3.05) is 21.2 Å². The number of benzene rings is 1. The molecule has 0 saturated carbocycles. The Balaban J connectivity index is 2.78. The number of nitrogens with zero attached hydrogens (tertiary/aromatic N) is 3. The van der Waals surface area contributed by atoms with Crippen LogP contribution in [0.3, 0.4) is 0 Å². The molecule has 2 rings (SSSR count). The zero-order valence-corrected chi connectivity index (χ0v) is 12.8. The number of aromatic nitrogens is 2. The Morgan fingerprint density at radius 1 is 1.33 bits per heavy atom. The van der Waals surface area contributed by atoms with Crippen LogP contribution in [-0.4, -0.2) is 49.2 Å². The summed E-state index contributed by atoms with van der Waals surface area (Å²) in [5.74, 6) is 0.225. The van der Waals surface area contributed by atoms with Crippen molar-refractivity contribution in [3.63, 3.8) is 0 Å². The van der Waals surface area contributed by atoms with E-state index in [-0.39, 0.29) is 27.8 Å². The maximum absolute atomic E-state index is 12.4. The molecule has 0 aliphatic carbocycles. The average Bonchev–Trinajstić information content (AvgIpc) is 2.84. The van der Waals surface area contributed by atoms with Crippen molar-refractivity contribution in [3.05, 3.63) is 18.0 Å². The number of methoxy groups -OCH3 is 1. The lowest BCUT2D eigenvalue weighted by atomic mass is 10.2. The van der Waals surface area contributed by atoms with E-state index >= 15 is 0 Å². The summed E-state index contributed by atoms with van der Waals surface area (Å²) < 4.78 is 35.7. The number of rotatable bonds is 4. The summed E-state index contributed by atoms with van der Waals surface area (Å²) in [6.07, 6.45) is 0. The number of ether oxygens (including phenoxy) is 1. The Morgan fingerprint density at radius 2 is 2.00 bits per heavy atom. The highest BCUT2D eigenvalue weighted by Crippen LogP contribution is 2.37. The minimum absolute atomic E-state index is 0.103. The number of aryl methyl sites for hydroxylation is 1. The van der Waals surface area contributed by atoms with Crippen molar-refractivity contribution >= 4 is 10.0 Å². The molecule has 0 atom stereocenters. The van der Waals surface area contributed by atoms with Crippen LogP contribution < -0.4 is 4.74 Å². The topological polar surface area (TPSA) is 106 Å². The fraction of sp³-hybridized carbons (Fsp3) is 0.333. The zero-order chi connectivity index (χ0) is 15.8. The van der Waals surface area contributed by atoms with Crippen LogP contribution in [0.4, 0.5) is 0 Å². The predicted octanol–water partition coefficient (Wildman–Crippen LogP) is 1.01. The van der Waals surface area contributed by atoms with Gasteiger partial charge in [0, 0.05) is 32.6 Å². The Labute approximate surface area is 122 Å². The van der Waals surface area contributed by atoms with Crippen LogP contribution in [0.2, 0.25) is 0 Å². The van der Waals surface area contributed by atoms with Crippen LogP contribution in [0.5, 0.6) is 11.5 Å². The van der Waals surface area contributed by atoms with Crippen molar-refractivity contribution in [1.82, 2.24) is 14.4 Å². The molecule has 0 radical (unpaired) electrons. The molecule has 21 heavy (non-hydrogen) atoms. The van der Waals surface area contributed by atoms with Crippen molar-refractivity contribution in [3.8, 4) is 22.9 Å². The monoisotopic (exact) mass is 313 g/mol. The van der Waals surface area contributed by atoms with E-state index in [1.165, 1.54) is 27.3 Å². The molecule has 0 aliphatic heterocycles. The van der Waals surface area contributed by atoms with Crippen LogP contribution in [0.25, 0.3) is 11.4 Å². The van der Waals surface area contributed by atoms with Gasteiger partial charge in [0.15, 0.2) is 11.5 Å². The molecule has 9 heteroatoms. The van der Waals surface area contributed by atoms with Crippen LogP contribution in [-0.2, 0) is 10.0 Å². The molecule has 2 aromatic rings. The van der Waals surface area contributed by atoms with Gasteiger partial charge >= 0.3 is 0 Å². The highest BCUT2D eigenvalue weighted by atomic mass is 32.2. The molecule has 0 amide bonds. The first kappa shape index (κ1) is 15.3. The van der Waals surface area contributed by atoms with Crippen molar-refractivity contribution in [1.29, 1.82) is 0 Å². The lowest BCUT2D eigenvalue weighted by molar-refractivity contribution is 0.372. The molecule has 0 aliphatic rings. The number of hydrogen-bond acceptors (Lipinski definition) is 7. The van der Waals surface area contributed by atoms with Crippen LogP contribution in [0.1, 0.15) is 5.89 Å². The normalized spacial score (nSPS) is 11.9. The third-order valence-electron chi connectivity index (χ3n) is 2.81. The minimum Gasteiger partial charge on any atom is -0.504 e. The van der Waals surface area contributed by atoms with Crippen molar-refractivity contribution < 1.29 is 22.8 Å². The molecule has 0 bridgehead atoms. The van der Waals surface area contributed by atoms with Gasteiger partial charge in [-0.1, -0.05) is 5.16 Å². The Hall–Kier alpha value is -2.13. The van der Waals surface area contributed by atoms with E-state index in [0.29, 0.717) is 5.89 Å². The highest BCUT2D eigenvalue weighted by Gasteiger charge is 2.26.